The second-order valence-electron chi connectivity index (χ2n) is 6.66. The average Bonchev–Trinajstić information content (AvgIpc) is 3.11. The maximum atomic E-state index is 12.7. The van der Waals surface area contributed by atoms with Crippen molar-refractivity contribution in [3.63, 3.8) is 0 Å². The molecule has 1 saturated carbocycles. The van der Waals surface area contributed by atoms with Crippen LogP contribution in [0.1, 0.15) is 43.5 Å². The Morgan fingerprint density at radius 2 is 1.96 bits per heavy atom. The highest BCUT2D eigenvalue weighted by molar-refractivity contribution is 7.18. The molecule has 1 aliphatic rings. The lowest BCUT2D eigenvalue weighted by molar-refractivity contribution is -0.160. The van der Waals surface area contributed by atoms with Crippen LogP contribution < -0.4 is 10.6 Å². The van der Waals surface area contributed by atoms with Crippen molar-refractivity contribution in [1.29, 1.82) is 0 Å². The number of nitrogens with zero attached hydrogens (tertiary/aromatic N) is 1. The lowest BCUT2D eigenvalue weighted by Crippen LogP contribution is -2.44. The van der Waals surface area contributed by atoms with E-state index in [-0.39, 0.29) is 11.8 Å². The molecule has 1 aromatic heterocycles. The summed E-state index contributed by atoms with van der Waals surface area (Å²) in [5.41, 5.74) is 0.938. The molecule has 144 valence electrons. The second kappa shape index (κ2) is 8.47. The van der Waals surface area contributed by atoms with Crippen LogP contribution in [0.25, 0.3) is 10.2 Å². The molecule has 27 heavy (non-hydrogen) atoms. The molecule has 3 rings (SSSR count). The van der Waals surface area contributed by atoms with Crippen molar-refractivity contribution < 1.29 is 19.1 Å². The Morgan fingerprint density at radius 1 is 1.22 bits per heavy atom. The summed E-state index contributed by atoms with van der Waals surface area (Å²) in [4.78, 5) is 40.6. The molecule has 3 amide bonds. The van der Waals surface area contributed by atoms with Crippen LogP contribution in [0.2, 0.25) is 0 Å². The van der Waals surface area contributed by atoms with Gasteiger partial charge in [-0.25, -0.2) is 9.78 Å². The highest BCUT2D eigenvalue weighted by atomic mass is 32.1. The lowest BCUT2D eigenvalue weighted by atomic mass is 9.79. The quantitative estimate of drug-likeness (QED) is 0.784. The number of fused-ring (bicyclic) bond motifs is 1. The molecular weight excluding hydrogens is 366 g/mol. The van der Waals surface area contributed by atoms with E-state index in [1.54, 1.807) is 11.3 Å². The van der Waals surface area contributed by atoms with Gasteiger partial charge in [0.1, 0.15) is 0 Å². The third kappa shape index (κ3) is 4.44. The van der Waals surface area contributed by atoms with Gasteiger partial charge in [0.15, 0.2) is 6.10 Å². The zero-order valence-electron chi connectivity index (χ0n) is 15.4. The molecule has 0 aliphatic heterocycles. The number of amides is 3. The molecule has 8 heteroatoms. The molecule has 1 aliphatic carbocycles. The fourth-order valence-electron chi connectivity index (χ4n) is 3.35. The molecule has 0 saturated heterocycles. The Morgan fingerprint density at radius 3 is 2.70 bits per heavy atom. The fourth-order valence-corrected chi connectivity index (χ4v) is 4.52. The smallest absolute Gasteiger partial charge is 0.321 e. The van der Waals surface area contributed by atoms with Gasteiger partial charge in [-0.15, -0.1) is 11.3 Å². The summed E-state index contributed by atoms with van der Waals surface area (Å²) in [6.07, 6.45) is 2.53. The monoisotopic (exact) mass is 389 g/mol. The van der Waals surface area contributed by atoms with Gasteiger partial charge in [0.2, 0.25) is 0 Å². The fraction of sp³-hybridized carbons (Fsp3) is 0.474. The minimum Gasteiger partial charge on any atom is -0.452 e. The number of imide groups is 1. The van der Waals surface area contributed by atoms with Crippen LogP contribution in [0.4, 0.5) is 4.79 Å². The van der Waals surface area contributed by atoms with Gasteiger partial charge in [-0.2, -0.15) is 0 Å². The second-order valence-corrected chi connectivity index (χ2v) is 7.73. The van der Waals surface area contributed by atoms with Crippen molar-refractivity contribution in [2.24, 2.45) is 5.92 Å². The normalized spacial score (nSPS) is 20.7. The van der Waals surface area contributed by atoms with Crippen molar-refractivity contribution in [3.8, 4) is 0 Å². The Balaban J connectivity index is 1.71. The molecule has 1 heterocycles. The zero-order valence-corrected chi connectivity index (χ0v) is 16.2. The van der Waals surface area contributed by atoms with Gasteiger partial charge in [-0.3, -0.25) is 14.9 Å². The number of carbonyl (C=O) groups is 3. The zero-order chi connectivity index (χ0) is 19.4. The predicted molar refractivity (Wildman–Crippen MR) is 102 cm³/mol. The van der Waals surface area contributed by atoms with Crippen LogP contribution in [0.3, 0.4) is 0 Å². The van der Waals surface area contributed by atoms with Gasteiger partial charge in [0.25, 0.3) is 5.91 Å². The molecule has 0 unspecified atom stereocenters. The van der Waals surface area contributed by atoms with Crippen molar-refractivity contribution >= 4 is 39.5 Å². The number of esters is 1. The van der Waals surface area contributed by atoms with E-state index >= 15 is 0 Å². The van der Waals surface area contributed by atoms with E-state index in [1.807, 2.05) is 24.3 Å². The molecule has 2 N–H and O–H groups in total. The van der Waals surface area contributed by atoms with Crippen molar-refractivity contribution in [1.82, 2.24) is 15.6 Å². The standard InChI is InChI=1S/C19H23N3O4S/c1-11(16(23)22-19(25)20-2)26-18(24)13-8-4-3-7-12(13)17-21-14-9-5-6-10-15(14)27-17/h5-6,9-13H,3-4,7-8H2,1-2H3,(H2,20,22,23,25)/t11-,12-,13-/m0/s1. The van der Waals surface area contributed by atoms with Crippen LogP contribution in [-0.4, -0.2) is 36.0 Å². The molecule has 3 atom stereocenters. The van der Waals surface area contributed by atoms with Crippen LogP contribution in [0.15, 0.2) is 24.3 Å². The van der Waals surface area contributed by atoms with Crippen LogP contribution in [0.5, 0.6) is 0 Å². The van der Waals surface area contributed by atoms with Gasteiger partial charge in [0, 0.05) is 13.0 Å². The van der Waals surface area contributed by atoms with E-state index in [9.17, 15) is 14.4 Å². The van der Waals surface area contributed by atoms with Crippen molar-refractivity contribution in [2.45, 2.75) is 44.6 Å². The number of rotatable bonds is 4. The minimum atomic E-state index is -1.03. The largest absolute Gasteiger partial charge is 0.452 e. The number of thiazole rings is 1. The first-order valence-electron chi connectivity index (χ1n) is 9.08. The van der Waals surface area contributed by atoms with E-state index in [1.165, 1.54) is 14.0 Å². The molecular formula is C19H23N3O4S. The molecule has 0 radical (unpaired) electrons. The highest BCUT2D eigenvalue weighted by Gasteiger charge is 2.36. The number of para-hydroxylation sites is 1. The molecule has 1 fully saturated rings. The lowest BCUT2D eigenvalue weighted by Gasteiger charge is -2.29. The average molecular weight is 389 g/mol. The molecule has 0 spiro atoms. The summed E-state index contributed by atoms with van der Waals surface area (Å²) in [5.74, 6) is -1.37. The molecule has 2 aromatic rings. The Hall–Kier alpha value is -2.48. The van der Waals surface area contributed by atoms with Crippen LogP contribution >= 0.6 is 11.3 Å². The maximum absolute atomic E-state index is 12.7. The van der Waals surface area contributed by atoms with Crippen molar-refractivity contribution in [3.05, 3.63) is 29.3 Å². The third-order valence-corrected chi connectivity index (χ3v) is 5.99. The maximum Gasteiger partial charge on any atom is 0.321 e. The van der Waals surface area contributed by atoms with E-state index in [2.05, 4.69) is 10.6 Å². The molecule has 1 aromatic carbocycles. The Labute approximate surface area is 161 Å². The van der Waals surface area contributed by atoms with Gasteiger partial charge in [-0.05, 0) is 31.9 Å². The van der Waals surface area contributed by atoms with E-state index in [0.717, 1.165) is 34.5 Å². The molecule has 0 bridgehead atoms. The van der Waals surface area contributed by atoms with Gasteiger partial charge >= 0.3 is 12.0 Å². The van der Waals surface area contributed by atoms with Gasteiger partial charge in [0.05, 0.1) is 21.1 Å². The summed E-state index contributed by atoms with van der Waals surface area (Å²) < 4.78 is 6.47. The number of carbonyl (C=O) groups excluding carboxylic acids is 3. The first-order valence-corrected chi connectivity index (χ1v) is 9.89. The van der Waals surface area contributed by atoms with Gasteiger partial charge in [-0.1, -0.05) is 25.0 Å². The number of hydrogen-bond acceptors (Lipinski definition) is 6. The van der Waals surface area contributed by atoms with E-state index < -0.39 is 24.0 Å². The molecule has 7 nitrogen and oxygen atoms in total. The first-order chi connectivity index (χ1) is 13.0. The number of ether oxygens (including phenoxy) is 1. The number of benzene rings is 1. The number of hydrogen-bond donors (Lipinski definition) is 2. The first kappa shape index (κ1) is 19.3. The summed E-state index contributed by atoms with van der Waals surface area (Å²) in [5, 5.41) is 5.36. The van der Waals surface area contributed by atoms with Crippen LogP contribution in [0, 0.1) is 5.92 Å². The summed E-state index contributed by atoms with van der Waals surface area (Å²) >= 11 is 1.61. The summed E-state index contributed by atoms with van der Waals surface area (Å²) in [7, 11) is 1.41. The van der Waals surface area contributed by atoms with E-state index in [0.29, 0.717) is 6.42 Å². The summed E-state index contributed by atoms with van der Waals surface area (Å²) in [6.45, 7) is 1.46. The number of aromatic nitrogens is 1. The topological polar surface area (TPSA) is 97.4 Å². The Kier molecular flexibility index (Phi) is 6.05. The van der Waals surface area contributed by atoms with E-state index in [4.69, 9.17) is 9.72 Å². The minimum absolute atomic E-state index is 0.00199. The predicted octanol–water partition coefficient (Wildman–Crippen LogP) is 2.96. The Bertz CT molecular complexity index is 817. The van der Waals surface area contributed by atoms with Crippen LogP contribution in [-0.2, 0) is 14.3 Å². The summed E-state index contributed by atoms with van der Waals surface area (Å²) in [6, 6.07) is 7.29. The van der Waals surface area contributed by atoms with Crippen molar-refractivity contribution in [2.75, 3.05) is 7.05 Å². The number of nitrogens with one attached hydrogen (secondary N) is 2. The van der Waals surface area contributed by atoms with Gasteiger partial charge < -0.3 is 10.1 Å². The highest BCUT2D eigenvalue weighted by Crippen LogP contribution is 2.41. The SMILES string of the molecule is CNC(=O)NC(=O)[C@H](C)OC(=O)[C@H]1CCCC[C@@H]1c1nc2ccccc2s1. The third-order valence-electron chi connectivity index (χ3n) is 4.82. The number of urea groups is 1.